The third-order valence-corrected chi connectivity index (χ3v) is 6.30. The van der Waals surface area contributed by atoms with Gasteiger partial charge in [0.25, 0.3) is 0 Å². The summed E-state index contributed by atoms with van der Waals surface area (Å²) in [7, 11) is 0. The third-order valence-electron chi connectivity index (χ3n) is 6.30. The maximum Gasteiger partial charge on any atom is 0.147 e. The summed E-state index contributed by atoms with van der Waals surface area (Å²) in [6.45, 7) is 3.87. The molecular formula is C22H25FN4. The number of rotatable bonds is 0. The number of nitrogens with zero attached hydrogens (tertiary/aromatic N) is 2. The normalized spacial score (nSPS) is 22.1. The molecule has 5 heteroatoms. The zero-order chi connectivity index (χ0) is 18.4. The van der Waals surface area contributed by atoms with Crippen LogP contribution >= 0.6 is 0 Å². The van der Waals surface area contributed by atoms with Gasteiger partial charge < -0.3 is 15.0 Å². The molecule has 1 saturated carbocycles. The maximum absolute atomic E-state index is 14.8. The van der Waals surface area contributed by atoms with E-state index in [0.717, 1.165) is 47.3 Å². The third kappa shape index (κ3) is 2.95. The highest BCUT2D eigenvalue weighted by Gasteiger charge is 2.27. The van der Waals surface area contributed by atoms with Crippen molar-refractivity contribution in [3.63, 3.8) is 0 Å². The summed E-state index contributed by atoms with van der Waals surface area (Å²) in [4.78, 5) is 4.77. The Balaban J connectivity index is 1.64. The van der Waals surface area contributed by atoms with Crippen molar-refractivity contribution in [2.75, 3.05) is 23.7 Å². The molecule has 140 valence electrons. The largest absolute Gasteiger partial charge is 0.385 e. The van der Waals surface area contributed by atoms with Crippen molar-refractivity contribution in [1.29, 1.82) is 0 Å². The number of hydrogen-bond acceptors (Lipinski definition) is 3. The van der Waals surface area contributed by atoms with E-state index < -0.39 is 0 Å². The zero-order valence-electron chi connectivity index (χ0n) is 15.6. The zero-order valence-corrected chi connectivity index (χ0v) is 15.6. The lowest BCUT2D eigenvalue weighted by atomic mass is 9.92. The molecule has 2 aromatic heterocycles. The predicted molar refractivity (Wildman–Crippen MR) is 108 cm³/mol. The minimum Gasteiger partial charge on any atom is -0.385 e. The summed E-state index contributed by atoms with van der Waals surface area (Å²) in [5, 5.41) is 7.10. The Kier molecular flexibility index (Phi) is 4.03. The van der Waals surface area contributed by atoms with Crippen LogP contribution in [0.2, 0.25) is 0 Å². The van der Waals surface area contributed by atoms with Crippen LogP contribution in [0.4, 0.5) is 15.9 Å². The highest BCUT2D eigenvalue weighted by Crippen LogP contribution is 2.36. The molecule has 1 aliphatic carbocycles. The highest BCUT2D eigenvalue weighted by molar-refractivity contribution is 5.81. The average Bonchev–Trinajstić information content (AvgIpc) is 3.27. The van der Waals surface area contributed by atoms with Crippen LogP contribution in [-0.4, -0.2) is 22.5 Å². The standard InChI is InChI=1S/C22H25FN4/c1-14-11-19(23)18-12-20(14)25-13-16-4-2-3-15(16)5-8-24-21-7-10-27-9-6-17(18)22(27)26-21/h6-7,9-12,15-16,25H,2-5,8,13H2,1H3,(H,24,26)/t15?,16-/m0/s1. The molecule has 1 aromatic carbocycles. The van der Waals surface area contributed by atoms with E-state index in [4.69, 9.17) is 4.98 Å². The number of halogens is 1. The lowest BCUT2D eigenvalue weighted by Crippen LogP contribution is -2.21. The van der Waals surface area contributed by atoms with Gasteiger partial charge in [-0.25, -0.2) is 9.37 Å². The molecule has 27 heavy (non-hydrogen) atoms. The van der Waals surface area contributed by atoms with E-state index in [1.807, 2.05) is 41.9 Å². The molecule has 1 aliphatic heterocycles. The molecule has 0 spiro atoms. The Labute approximate surface area is 158 Å². The van der Waals surface area contributed by atoms with Gasteiger partial charge in [-0.15, -0.1) is 0 Å². The first-order valence-electron chi connectivity index (χ1n) is 9.95. The van der Waals surface area contributed by atoms with Crippen molar-refractivity contribution in [2.24, 2.45) is 11.8 Å². The van der Waals surface area contributed by atoms with Crippen molar-refractivity contribution in [1.82, 2.24) is 9.38 Å². The fourth-order valence-corrected chi connectivity index (χ4v) is 4.75. The van der Waals surface area contributed by atoms with Gasteiger partial charge in [0.15, 0.2) is 0 Å². The number of benzene rings is 1. The Hall–Kier alpha value is -2.56. The Morgan fingerprint density at radius 3 is 2.81 bits per heavy atom. The van der Waals surface area contributed by atoms with Crippen molar-refractivity contribution in [3.8, 4) is 11.1 Å². The molecule has 3 heterocycles. The SMILES string of the molecule is Cc1cc(F)c2cc1NC[C@@H]1CCCC1CCNc1ccn3ccc-2c3n1. The minimum absolute atomic E-state index is 0.197. The first-order chi connectivity index (χ1) is 13.2. The fraction of sp³-hybridized carbons (Fsp3) is 0.409. The van der Waals surface area contributed by atoms with E-state index in [1.54, 1.807) is 6.07 Å². The Morgan fingerprint density at radius 2 is 1.89 bits per heavy atom. The molecule has 0 radical (unpaired) electrons. The Bertz CT molecular complexity index is 993. The summed E-state index contributed by atoms with van der Waals surface area (Å²) < 4.78 is 16.8. The minimum atomic E-state index is -0.197. The second-order valence-electron chi connectivity index (χ2n) is 7.97. The average molecular weight is 364 g/mol. The molecule has 4 bridgehead atoms. The van der Waals surface area contributed by atoms with E-state index in [2.05, 4.69) is 10.6 Å². The van der Waals surface area contributed by atoms with E-state index >= 15 is 0 Å². The molecule has 4 nitrogen and oxygen atoms in total. The van der Waals surface area contributed by atoms with Crippen LogP contribution in [0.1, 0.15) is 31.2 Å². The van der Waals surface area contributed by atoms with Crippen molar-refractivity contribution < 1.29 is 4.39 Å². The molecule has 3 aromatic rings. The summed E-state index contributed by atoms with van der Waals surface area (Å²) in [6.07, 6.45) is 8.98. The van der Waals surface area contributed by atoms with E-state index in [9.17, 15) is 4.39 Å². The smallest absolute Gasteiger partial charge is 0.147 e. The molecule has 2 aliphatic rings. The molecule has 1 unspecified atom stereocenters. The van der Waals surface area contributed by atoms with Crippen LogP contribution in [0.3, 0.4) is 0 Å². The van der Waals surface area contributed by atoms with Gasteiger partial charge in [0.2, 0.25) is 0 Å². The predicted octanol–water partition coefficient (Wildman–Crippen LogP) is 5.09. The number of anilines is 2. The van der Waals surface area contributed by atoms with Crippen LogP contribution in [-0.2, 0) is 0 Å². The summed E-state index contributed by atoms with van der Waals surface area (Å²) in [6, 6.07) is 7.54. The lowest BCUT2D eigenvalue weighted by Gasteiger charge is -2.22. The van der Waals surface area contributed by atoms with Gasteiger partial charge in [0.05, 0.1) is 0 Å². The van der Waals surface area contributed by atoms with Crippen molar-refractivity contribution in [2.45, 2.75) is 32.6 Å². The van der Waals surface area contributed by atoms with Gasteiger partial charge in [-0.2, -0.15) is 0 Å². The number of nitrogens with one attached hydrogen (secondary N) is 2. The topological polar surface area (TPSA) is 41.4 Å². The summed E-state index contributed by atoms with van der Waals surface area (Å²) in [5.74, 6) is 2.08. The second kappa shape index (κ2) is 6.55. The maximum atomic E-state index is 14.8. The monoisotopic (exact) mass is 364 g/mol. The quantitative estimate of drug-likeness (QED) is 0.584. The van der Waals surface area contributed by atoms with E-state index in [0.29, 0.717) is 11.5 Å². The van der Waals surface area contributed by atoms with Crippen LogP contribution in [0.5, 0.6) is 0 Å². The molecule has 1 fully saturated rings. The highest BCUT2D eigenvalue weighted by atomic mass is 19.1. The fourth-order valence-electron chi connectivity index (χ4n) is 4.75. The van der Waals surface area contributed by atoms with Gasteiger partial charge in [-0.1, -0.05) is 12.8 Å². The molecule has 0 amide bonds. The summed E-state index contributed by atoms with van der Waals surface area (Å²) in [5.41, 5.74) is 4.20. The first-order valence-corrected chi connectivity index (χ1v) is 9.95. The van der Waals surface area contributed by atoms with Crippen LogP contribution in [0, 0.1) is 24.6 Å². The number of hydrogen-bond donors (Lipinski definition) is 2. The Morgan fingerprint density at radius 1 is 1.04 bits per heavy atom. The van der Waals surface area contributed by atoms with E-state index in [-0.39, 0.29) is 5.82 Å². The van der Waals surface area contributed by atoms with Crippen LogP contribution in [0.25, 0.3) is 16.8 Å². The van der Waals surface area contributed by atoms with Crippen molar-refractivity contribution >= 4 is 17.2 Å². The van der Waals surface area contributed by atoms with E-state index in [1.165, 1.54) is 25.7 Å². The van der Waals surface area contributed by atoms with Gasteiger partial charge >= 0.3 is 0 Å². The van der Waals surface area contributed by atoms with Gasteiger partial charge in [0, 0.05) is 42.3 Å². The molecular weight excluding hydrogens is 339 g/mol. The van der Waals surface area contributed by atoms with Crippen LogP contribution < -0.4 is 10.6 Å². The molecule has 5 rings (SSSR count). The van der Waals surface area contributed by atoms with Gasteiger partial charge in [-0.3, -0.25) is 0 Å². The number of fused-ring (bicyclic) bond motifs is 5. The van der Waals surface area contributed by atoms with Crippen LogP contribution in [0.15, 0.2) is 36.7 Å². The van der Waals surface area contributed by atoms with Gasteiger partial charge in [0.1, 0.15) is 17.3 Å². The number of aromatic nitrogens is 2. The lowest BCUT2D eigenvalue weighted by molar-refractivity contribution is 0.388. The van der Waals surface area contributed by atoms with Crippen molar-refractivity contribution in [3.05, 3.63) is 48.0 Å². The number of aryl methyl sites for hydroxylation is 1. The second-order valence-corrected chi connectivity index (χ2v) is 7.97. The molecule has 0 saturated heterocycles. The molecule has 2 atom stereocenters. The first kappa shape index (κ1) is 16.6. The molecule has 2 N–H and O–H groups in total. The summed E-state index contributed by atoms with van der Waals surface area (Å²) >= 11 is 0. The van der Waals surface area contributed by atoms with Gasteiger partial charge in [-0.05, 0) is 61.4 Å².